The van der Waals surface area contributed by atoms with Crippen LogP contribution < -0.4 is 5.32 Å². The number of hydrogen-bond donors (Lipinski definition) is 3. The average Bonchev–Trinajstić information content (AvgIpc) is 2.66. The Morgan fingerprint density at radius 1 is 0.793 bits per heavy atom. The molecule has 0 saturated heterocycles. The molecule has 0 aliphatic carbocycles. The van der Waals surface area contributed by atoms with Crippen LogP contribution in [0.15, 0.2) is 12.2 Å². The van der Waals surface area contributed by atoms with Gasteiger partial charge in [-0.3, -0.25) is 4.79 Å². The van der Waals surface area contributed by atoms with Crippen LogP contribution in [0.3, 0.4) is 0 Å². The monoisotopic (exact) mass is 411 g/mol. The minimum absolute atomic E-state index is 0.144. The van der Waals surface area contributed by atoms with Crippen LogP contribution in [-0.2, 0) is 9.59 Å². The van der Waals surface area contributed by atoms with Crippen molar-refractivity contribution in [3.05, 3.63) is 12.2 Å². The van der Waals surface area contributed by atoms with E-state index in [-0.39, 0.29) is 11.8 Å². The molecular formula is C24H45NO4. The van der Waals surface area contributed by atoms with Crippen LogP contribution in [0.4, 0.5) is 0 Å². The Balaban J connectivity index is 3.47. The molecule has 0 heterocycles. The Kier molecular flexibility index (Phi) is 19.0. The predicted molar refractivity (Wildman–Crippen MR) is 120 cm³/mol. The van der Waals surface area contributed by atoms with E-state index in [4.69, 9.17) is 10.2 Å². The smallest absolute Gasteiger partial charge is 0.326 e. The summed E-state index contributed by atoms with van der Waals surface area (Å²) >= 11 is 0. The van der Waals surface area contributed by atoms with Crippen molar-refractivity contribution in [3.8, 4) is 0 Å². The van der Waals surface area contributed by atoms with Gasteiger partial charge in [0.05, 0.1) is 0 Å². The third kappa shape index (κ3) is 19.7. The number of carbonyl (C=O) groups is 2. The SMILES string of the molecule is CC(C)CC(NC(=O)CCCCCCCC=CCCCCCCCCO)C(=O)O. The fourth-order valence-corrected chi connectivity index (χ4v) is 3.35. The van der Waals surface area contributed by atoms with Gasteiger partial charge in [-0.05, 0) is 50.9 Å². The molecule has 5 heteroatoms. The molecule has 29 heavy (non-hydrogen) atoms. The highest BCUT2D eigenvalue weighted by Crippen LogP contribution is 2.10. The van der Waals surface area contributed by atoms with E-state index < -0.39 is 12.0 Å². The summed E-state index contributed by atoms with van der Waals surface area (Å²) in [6.45, 7) is 4.24. The second kappa shape index (κ2) is 19.9. The fourth-order valence-electron chi connectivity index (χ4n) is 3.35. The molecule has 1 amide bonds. The first kappa shape index (κ1) is 27.6. The zero-order valence-electron chi connectivity index (χ0n) is 18.8. The maximum atomic E-state index is 11.9. The summed E-state index contributed by atoms with van der Waals surface area (Å²) in [5.74, 6) is -0.847. The van der Waals surface area contributed by atoms with E-state index in [1.807, 2.05) is 13.8 Å². The number of aliphatic hydroxyl groups is 1. The Labute approximate surface area is 178 Å². The largest absolute Gasteiger partial charge is 0.480 e. The number of carboxylic acids is 1. The number of unbranched alkanes of at least 4 members (excludes halogenated alkanes) is 11. The molecule has 1 unspecified atom stereocenters. The number of hydrogen-bond acceptors (Lipinski definition) is 3. The van der Waals surface area contributed by atoms with E-state index in [2.05, 4.69) is 17.5 Å². The lowest BCUT2D eigenvalue weighted by atomic mass is 10.0. The normalized spacial score (nSPS) is 12.6. The van der Waals surface area contributed by atoms with Crippen molar-refractivity contribution in [3.63, 3.8) is 0 Å². The molecule has 170 valence electrons. The second-order valence-electron chi connectivity index (χ2n) is 8.50. The van der Waals surface area contributed by atoms with Gasteiger partial charge in [-0.15, -0.1) is 0 Å². The molecule has 0 aromatic rings. The van der Waals surface area contributed by atoms with Crippen LogP contribution in [-0.4, -0.2) is 34.7 Å². The number of carboxylic acid groups (broad SMARTS) is 1. The maximum absolute atomic E-state index is 11.9. The summed E-state index contributed by atoms with van der Waals surface area (Å²) in [5.41, 5.74) is 0. The molecule has 0 fully saturated rings. The Bertz CT molecular complexity index is 435. The highest BCUT2D eigenvalue weighted by atomic mass is 16.4. The predicted octanol–water partition coefficient (Wildman–Crippen LogP) is 5.61. The number of nitrogens with one attached hydrogen (secondary N) is 1. The molecule has 0 spiro atoms. The van der Waals surface area contributed by atoms with Crippen LogP contribution in [0.1, 0.15) is 110 Å². The summed E-state index contributed by atoms with van der Waals surface area (Å²) in [4.78, 5) is 23.1. The Hall–Kier alpha value is -1.36. The van der Waals surface area contributed by atoms with Crippen molar-refractivity contribution < 1.29 is 19.8 Å². The number of amides is 1. The molecule has 5 nitrogen and oxygen atoms in total. The first-order valence-corrected chi connectivity index (χ1v) is 11.8. The molecule has 0 aromatic carbocycles. The molecule has 0 aromatic heterocycles. The van der Waals surface area contributed by atoms with Gasteiger partial charge in [0.2, 0.25) is 5.91 Å². The third-order valence-corrected chi connectivity index (χ3v) is 5.06. The number of allylic oxidation sites excluding steroid dienone is 2. The fraction of sp³-hybridized carbons (Fsp3) is 0.833. The number of aliphatic carboxylic acids is 1. The molecule has 0 saturated carbocycles. The topological polar surface area (TPSA) is 86.6 Å². The third-order valence-electron chi connectivity index (χ3n) is 5.06. The maximum Gasteiger partial charge on any atom is 0.326 e. The summed E-state index contributed by atoms with van der Waals surface area (Å²) in [6.07, 6.45) is 20.3. The zero-order valence-corrected chi connectivity index (χ0v) is 18.8. The standard InChI is InChI=1S/C24H45NO4/c1-21(2)20-22(24(28)29)25-23(27)18-16-14-12-10-8-6-4-3-5-7-9-11-13-15-17-19-26/h3-4,21-22,26H,5-20H2,1-2H3,(H,25,27)(H,28,29). The van der Waals surface area contributed by atoms with Gasteiger partial charge in [-0.25, -0.2) is 4.79 Å². The van der Waals surface area contributed by atoms with Crippen LogP contribution in [0.2, 0.25) is 0 Å². The average molecular weight is 412 g/mol. The number of carbonyl (C=O) groups excluding carboxylic acids is 1. The molecule has 0 rings (SSSR count). The molecule has 0 radical (unpaired) electrons. The summed E-state index contributed by atoms with van der Waals surface area (Å²) in [5, 5.41) is 20.5. The summed E-state index contributed by atoms with van der Waals surface area (Å²) in [7, 11) is 0. The van der Waals surface area contributed by atoms with Gasteiger partial charge < -0.3 is 15.5 Å². The second-order valence-corrected chi connectivity index (χ2v) is 8.50. The highest BCUT2D eigenvalue weighted by Gasteiger charge is 2.20. The Morgan fingerprint density at radius 2 is 1.28 bits per heavy atom. The minimum atomic E-state index is -0.946. The summed E-state index contributed by atoms with van der Waals surface area (Å²) in [6, 6.07) is -0.763. The molecule has 3 N–H and O–H groups in total. The lowest BCUT2D eigenvalue weighted by Crippen LogP contribution is -2.41. The van der Waals surface area contributed by atoms with Crippen molar-refractivity contribution in [1.29, 1.82) is 0 Å². The van der Waals surface area contributed by atoms with Gasteiger partial charge in [-0.2, -0.15) is 0 Å². The van der Waals surface area contributed by atoms with Gasteiger partial charge in [0.25, 0.3) is 0 Å². The van der Waals surface area contributed by atoms with Crippen LogP contribution in [0.5, 0.6) is 0 Å². The van der Waals surface area contributed by atoms with Crippen LogP contribution in [0.25, 0.3) is 0 Å². The van der Waals surface area contributed by atoms with E-state index in [1.54, 1.807) is 0 Å². The number of rotatable bonds is 20. The first-order chi connectivity index (χ1) is 14.0. The van der Waals surface area contributed by atoms with Crippen molar-refractivity contribution >= 4 is 11.9 Å². The van der Waals surface area contributed by atoms with Crippen molar-refractivity contribution in [2.75, 3.05) is 6.61 Å². The first-order valence-electron chi connectivity index (χ1n) is 11.8. The van der Waals surface area contributed by atoms with E-state index in [1.165, 1.54) is 44.9 Å². The highest BCUT2D eigenvalue weighted by molar-refractivity contribution is 5.83. The number of aliphatic hydroxyl groups excluding tert-OH is 1. The van der Waals surface area contributed by atoms with Gasteiger partial charge >= 0.3 is 5.97 Å². The van der Waals surface area contributed by atoms with E-state index >= 15 is 0 Å². The van der Waals surface area contributed by atoms with Crippen molar-refractivity contribution in [2.45, 2.75) is 116 Å². The Morgan fingerprint density at radius 3 is 1.76 bits per heavy atom. The van der Waals surface area contributed by atoms with E-state index in [9.17, 15) is 9.59 Å². The van der Waals surface area contributed by atoms with Crippen LogP contribution in [0, 0.1) is 5.92 Å². The molecule has 0 aliphatic rings. The molecule has 0 aliphatic heterocycles. The van der Waals surface area contributed by atoms with Gasteiger partial charge in [-0.1, -0.05) is 70.9 Å². The van der Waals surface area contributed by atoms with Crippen LogP contribution >= 0.6 is 0 Å². The van der Waals surface area contributed by atoms with E-state index in [0.717, 1.165) is 38.5 Å². The van der Waals surface area contributed by atoms with Gasteiger partial charge in [0.1, 0.15) is 6.04 Å². The van der Waals surface area contributed by atoms with Crippen molar-refractivity contribution in [2.24, 2.45) is 5.92 Å². The molecule has 1 atom stereocenters. The quantitative estimate of drug-likeness (QED) is 0.179. The lowest BCUT2D eigenvalue weighted by molar-refractivity contribution is -0.142. The molecular weight excluding hydrogens is 366 g/mol. The van der Waals surface area contributed by atoms with Crippen molar-refractivity contribution in [1.82, 2.24) is 5.32 Å². The minimum Gasteiger partial charge on any atom is -0.480 e. The van der Waals surface area contributed by atoms with Gasteiger partial charge in [0, 0.05) is 13.0 Å². The lowest BCUT2D eigenvalue weighted by Gasteiger charge is -2.16. The van der Waals surface area contributed by atoms with E-state index in [0.29, 0.717) is 19.4 Å². The van der Waals surface area contributed by atoms with Gasteiger partial charge in [0.15, 0.2) is 0 Å². The molecule has 0 bridgehead atoms. The summed E-state index contributed by atoms with van der Waals surface area (Å²) < 4.78 is 0. The zero-order chi connectivity index (χ0) is 21.7.